The van der Waals surface area contributed by atoms with E-state index in [1.54, 1.807) is 19.6 Å². The van der Waals surface area contributed by atoms with Crippen molar-refractivity contribution in [2.45, 2.75) is 25.8 Å². The lowest BCUT2D eigenvalue weighted by atomic mass is 9.97. The topological polar surface area (TPSA) is 70.7 Å². The molecule has 150 valence electrons. The van der Waals surface area contributed by atoms with Crippen molar-refractivity contribution in [3.05, 3.63) is 83.6 Å². The first kappa shape index (κ1) is 18.3. The molecule has 5 rings (SSSR count). The SMILES string of the molecule is COc1cc(/C=C/c2nc3n(n2)CC[C@@H]3c2ccccc2)cnc1-n1cnc(C)c1. The minimum Gasteiger partial charge on any atom is -0.493 e. The zero-order valence-electron chi connectivity index (χ0n) is 16.9. The van der Waals surface area contributed by atoms with E-state index in [4.69, 9.17) is 9.72 Å². The van der Waals surface area contributed by atoms with E-state index in [0.717, 1.165) is 30.0 Å². The second-order valence-corrected chi connectivity index (χ2v) is 7.35. The van der Waals surface area contributed by atoms with Gasteiger partial charge in [0.2, 0.25) is 0 Å². The summed E-state index contributed by atoms with van der Waals surface area (Å²) in [6.07, 6.45) is 10.4. The molecule has 3 aromatic heterocycles. The second-order valence-electron chi connectivity index (χ2n) is 7.35. The smallest absolute Gasteiger partial charge is 0.180 e. The molecule has 0 N–H and O–H groups in total. The zero-order valence-corrected chi connectivity index (χ0v) is 16.9. The minimum atomic E-state index is 0.306. The third-order valence-corrected chi connectivity index (χ3v) is 5.31. The van der Waals surface area contributed by atoms with Gasteiger partial charge in [-0.1, -0.05) is 30.3 Å². The van der Waals surface area contributed by atoms with Crippen molar-refractivity contribution in [1.82, 2.24) is 29.3 Å². The number of pyridine rings is 1. The van der Waals surface area contributed by atoms with E-state index in [9.17, 15) is 0 Å². The molecule has 0 saturated heterocycles. The van der Waals surface area contributed by atoms with Gasteiger partial charge >= 0.3 is 0 Å². The van der Waals surface area contributed by atoms with Crippen molar-refractivity contribution >= 4 is 12.2 Å². The van der Waals surface area contributed by atoms with Crippen LogP contribution in [0.5, 0.6) is 5.75 Å². The molecule has 0 saturated carbocycles. The Kier molecular flexibility index (Phi) is 4.63. The number of aromatic nitrogens is 6. The van der Waals surface area contributed by atoms with E-state index in [2.05, 4.69) is 39.3 Å². The van der Waals surface area contributed by atoms with Gasteiger partial charge in [0.1, 0.15) is 12.2 Å². The number of imidazole rings is 1. The van der Waals surface area contributed by atoms with Crippen molar-refractivity contribution in [3.63, 3.8) is 0 Å². The highest BCUT2D eigenvalue weighted by molar-refractivity contribution is 5.67. The summed E-state index contributed by atoms with van der Waals surface area (Å²) in [4.78, 5) is 13.6. The van der Waals surface area contributed by atoms with Crippen LogP contribution in [-0.2, 0) is 6.54 Å². The van der Waals surface area contributed by atoms with Crippen molar-refractivity contribution in [3.8, 4) is 11.6 Å². The number of fused-ring (bicyclic) bond motifs is 1. The van der Waals surface area contributed by atoms with Gasteiger partial charge in [-0.25, -0.2) is 19.6 Å². The van der Waals surface area contributed by atoms with Crippen molar-refractivity contribution in [1.29, 1.82) is 0 Å². The summed E-state index contributed by atoms with van der Waals surface area (Å²) in [5.74, 6) is 3.43. The normalized spacial score (nSPS) is 15.6. The molecule has 1 aliphatic heterocycles. The number of methoxy groups -OCH3 is 1. The second kappa shape index (κ2) is 7.59. The van der Waals surface area contributed by atoms with Crippen LogP contribution in [0.2, 0.25) is 0 Å². The molecule has 1 aromatic carbocycles. The number of hydrogen-bond acceptors (Lipinski definition) is 5. The molecule has 0 spiro atoms. The Morgan fingerprint density at radius 2 is 2.00 bits per heavy atom. The lowest BCUT2D eigenvalue weighted by molar-refractivity contribution is 0.410. The third kappa shape index (κ3) is 3.39. The van der Waals surface area contributed by atoms with Gasteiger partial charge in [-0.05, 0) is 42.7 Å². The average molecular weight is 398 g/mol. The Labute approximate surface area is 174 Å². The monoisotopic (exact) mass is 398 g/mol. The number of rotatable bonds is 5. The van der Waals surface area contributed by atoms with Crippen LogP contribution >= 0.6 is 0 Å². The van der Waals surface area contributed by atoms with E-state index in [-0.39, 0.29) is 0 Å². The van der Waals surface area contributed by atoms with Crippen LogP contribution in [0.15, 0.2) is 55.1 Å². The molecule has 0 unspecified atom stereocenters. The maximum atomic E-state index is 5.53. The van der Waals surface area contributed by atoms with Gasteiger partial charge in [0.25, 0.3) is 0 Å². The van der Waals surface area contributed by atoms with Crippen molar-refractivity contribution in [2.75, 3.05) is 7.11 Å². The molecule has 0 amide bonds. The van der Waals surface area contributed by atoms with Crippen molar-refractivity contribution in [2.24, 2.45) is 0 Å². The van der Waals surface area contributed by atoms with Crippen LogP contribution in [0, 0.1) is 6.92 Å². The number of aryl methyl sites for hydroxylation is 2. The largest absolute Gasteiger partial charge is 0.493 e. The molecular formula is C23H22N6O. The number of nitrogens with zero attached hydrogens (tertiary/aromatic N) is 6. The van der Waals surface area contributed by atoms with Gasteiger partial charge in [0, 0.05) is 24.9 Å². The predicted octanol–water partition coefficient (Wildman–Crippen LogP) is 3.88. The zero-order chi connectivity index (χ0) is 20.5. The number of ether oxygens (including phenoxy) is 1. The van der Waals surface area contributed by atoms with Crippen LogP contribution in [0.3, 0.4) is 0 Å². The summed E-state index contributed by atoms with van der Waals surface area (Å²) < 4.78 is 9.40. The Morgan fingerprint density at radius 1 is 1.13 bits per heavy atom. The molecule has 1 aliphatic rings. The summed E-state index contributed by atoms with van der Waals surface area (Å²) in [5, 5.41) is 4.65. The van der Waals surface area contributed by atoms with Gasteiger partial charge in [0.05, 0.1) is 12.8 Å². The van der Waals surface area contributed by atoms with Gasteiger partial charge in [-0.2, -0.15) is 5.10 Å². The highest BCUT2D eigenvalue weighted by atomic mass is 16.5. The van der Waals surface area contributed by atoms with Gasteiger partial charge in [-0.3, -0.25) is 4.57 Å². The summed E-state index contributed by atoms with van der Waals surface area (Å²) in [6.45, 7) is 2.84. The Morgan fingerprint density at radius 3 is 2.77 bits per heavy atom. The maximum Gasteiger partial charge on any atom is 0.180 e. The van der Waals surface area contributed by atoms with E-state index < -0.39 is 0 Å². The molecule has 0 bridgehead atoms. The quantitative estimate of drug-likeness (QED) is 0.510. The summed E-state index contributed by atoms with van der Waals surface area (Å²) in [5.41, 5.74) is 3.14. The first-order valence-electron chi connectivity index (χ1n) is 9.94. The fourth-order valence-corrected chi connectivity index (χ4v) is 3.84. The van der Waals surface area contributed by atoms with Crippen LogP contribution in [0.4, 0.5) is 0 Å². The highest BCUT2D eigenvalue weighted by Gasteiger charge is 2.27. The van der Waals surface area contributed by atoms with Crippen LogP contribution in [-0.4, -0.2) is 36.4 Å². The Hall–Kier alpha value is -3.74. The van der Waals surface area contributed by atoms with E-state index in [1.165, 1.54) is 5.56 Å². The molecule has 7 heteroatoms. The molecule has 4 aromatic rings. The first-order chi connectivity index (χ1) is 14.7. The maximum absolute atomic E-state index is 5.53. The standard InChI is InChI=1S/C23H22N6O/c1-16-14-28(15-25-16)23-20(30-2)12-17(13-24-23)8-9-21-26-22-19(10-11-29(22)27-21)18-6-4-3-5-7-18/h3-9,12-15,19H,10-11H2,1-2H3/b9-8+/t19-/m1/s1. The van der Waals surface area contributed by atoms with Crippen LogP contribution < -0.4 is 4.74 Å². The fourth-order valence-electron chi connectivity index (χ4n) is 3.84. The Bertz CT molecular complexity index is 1210. The summed E-state index contributed by atoms with van der Waals surface area (Å²) in [7, 11) is 1.64. The van der Waals surface area contributed by atoms with Crippen molar-refractivity contribution < 1.29 is 4.74 Å². The summed E-state index contributed by atoms with van der Waals surface area (Å²) in [6, 6.07) is 12.5. The molecular weight excluding hydrogens is 376 g/mol. The first-order valence-corrected chi connectivity index (χ1v) is 9.94. The van der Waals surface area contributed by atoms with Gasteiger partial charge in [-0.15, -0.1) is 0 Å². The molecule has 0 radical (unpaired) electrons. The summed E-state index contributed by atoms with van der Waals surface area (Å²) >= 11 is 0. The number of hydrogen-bond donors (Lipinski definition) is 0. The fraction of sp³-hybridized carbons (Fsp3) is 0.217. The molecule has 0 fully saturated rings. The molecule has 1 atom stereocenters. The van der Waals surface area contributed by atoms with Crippen LogP contribution in [0.25, 0.3) is 18.0 Å². The average Bonchev–Trinajstić information content (AvgIpc) is 3.48. The molecule has 7 nitrogen and oxygen atoms in total. The van der Waals surface area contributed by atoms with Crippen LogP contribution in [0.1, 0.15) is 40.8 Å². The predicted molar refractivity (Wildman–Crippen MR) is 115 cm³/mol. The van der Waals surface area contributed by atoms with Gasteiger partial charge < -0.3 is 4.74 Å². The molecule has 4 heterocycles. The highest BCUT2D eigenvalue weighted by Crippen LogP contribution is 2.32. The van der Waals surface area contributed by atoms with E-state index >= 15 is 0 Å². The van der Waals surface area contributed by atoms with E-state index in [1.807, 2.05) is 46.7 Å². The Balaban J connectivity index is 1.39. The lowest BCUT2D eigenvalue weighted by Gasteiger charge is -2.08. The van der Waals surface area contributed by atoms with E-state index in [0.29, 0.717) is 23.3 Å². The number of benzene rings is 1. The molecule has 0 aliphatic carbocycles. The molecule has 30 heavy (non-hydrogen) atoms. The third-order valence-electron chi connectivity index (χ3n) is 5.31. The minimum absolute atomic E-state index is 0.306. The lowest BCUT2D eigenvalue weighted by Crippen LogP contribution is -1.99. The van der Waals surface area contributed by atoms with Gasteiger partial charge in [0.15, 0.2) is 17.4 Å².